The van der Waals surface area contributed by atoms with Crippen LogP contribution in [0.25, 0.3) is 10.9 Å². The number of nitrogens with one attached hydrogen (secondary N) is 1. The molecule has 1 aliphatic rings. The summed E-state index contributed by atoms with van der Waals surface area (Å²) in [6, 6.07) is 15.9. The summed E-state index contributed by atoms with van der Waals surface area (Å²) in [5.41, 5.74) is 3.04. The van der Waals surface area contributed by atoms with E-state index in [2.05, 4.69) is 5.32 Å². The molecular weight excluding hydrogens is 601 g/mol. The number of sulfonamides is 1. The first-order valence-corrected chi connectivity index (χ1v) is 16.8. The van der Waals surface area contributed by atoms with E-state index in [1.54, 1.807) is 47.5 Å². The Labute approximate surface area is 261 Å². The number of ether oxygens (including phenoxy) is 1. The molecule has 2 aromatic carbocycles. The van der Waals surface area contributed by atoms with E-state index in [1.807, 2.05) is 49.0 Å². The number of aliphatic hydroxyl groups excluding tert-OH is 1. The number of fused-ring (bicyclic) bond motifs is 2. The van der Waals surface area contributed by atoms with Crippen LogP contribution in [0.3, 0.4) is 0 Å². The molecule has 234 valence electrons. The van der Waals surface area contributed by atoms with E-state index in [-0.39, 0.29) is 54.5 Å². The van der Waals surface area contributed by atoms with Gasteiger partial charge >= 0.3 is 0 Å². The number of rotatable bonds is 9. The molecule has 0 spiro atoms. The number of hydrogen-bond acceptors (Lipinski definition) is 7. The van der Waals surface area contributed by atoms with Crippen molar-refractivity contribution in [3.63, 3.8) is 0 Å². The van der Waals surface area contributed by atoms with Crippen molar-refractivity contribution in [3.8, 4) is 5.75 Å². The zero-order valence-corrected chi connectivity index (χ0v) is 26.9. The molecule has 5 rings (SSSR count). The topological polar surface area (TPSA) is 121 Å². The van der Waals surface area contributed by atoms with Crippen LogP contribution in [0, 0.1) is 5.92 Å². The first-order chi connectivity index (χ1) is 21.0. The van der Waals surface area contributed by atoms with Crippen LogP contribution in [0.4, 0.5) is 5.69 Å². The van der Waals surface area contributed by atoms with Crippen LogP contribution in [0.15, 0.2) is 70.4 Å². The number of aliphatic hydroxyl groups is 1. The highest BCUT2D eigenvalue weighted by molar-refractivity contribution is 7.91. The average Bonchev–Trinajstić information content (AvgIpc) is 3.65. The summed E-state index contributed by atoms with van der Waals surface area (Å²) in [5, 5.41) is 15.6. The Hall–Kier alpha value is -3.71. The summed E-state index contributed by atoms with van der Waals surface area (Å²) < 4.78 is 36.4. The first kappa shape index (κ1) is 31.7. The first-order valence-electron chi connectivity index (χ1n) is 14.5. The molecule has 0 unspecified atom stereocenters. The van der Waals surface area contributed by atoms with E-state index in [1.165, 1.54) is 11.4 Å². The number of benzene rings is 2. The van der Waals surface area contributed by atoms with Crippen molar-refractivity contribution in [2.45, 2.75) is 43.0 Å². The second-order valence-electron chi connectivity index (χ2n) is 11.4. The summed E-state index contributed by atoms with van der Waals surface area (Å²) >= 11 is 1.15. The maximum atomic E-state index is 13.5. The lowest BCUT2D eigenvalue weighted by atomic mass is 10.0. The quantitative estimate of drug-likeness (QED) is 0.287. The molecule has 0 aliphatic carbocycles. The second-order valence-corrected chi connectivity index (χ2v) is 14.7. The van der Waals surface area contributed by atoms with Gasteiger partial charge in [-0.1, -0.05) is 31.2 Å². The smallest absolute Gasteiger partial charge is 0.252 e. The van der Waals surface area contributed by atoms with Gasteiger partial charge in [0, 0.05) is 54.9 Å². The van der Waals surface area contributed by atoms with E-state index in [4.69, 9.17) is 4.74 Å². The molecule has 44 heavy (non-hydrogen) atoms. The van der Waals surface area contributed by atoms with Crippen LogP contribution in [0.5, 0.6) is 5.75 Å². The molecule has 0 bridgehead atoms. The average molecular weight is 639 g/mol. The molecule has 3 heterocycles. The van der Waals surface area contributed by atoms with Crippen LogP contribution >= 0.6 is 11.3 Å². The summed E-state index contributed by atoms with van der Waals surface area (Å²) in [6.07, 6.45) is 1.53. The monoisotopic (exact) mass is 638 g/mol. The third-order valence-corrected chi connectivity index (χ3v) is 11.3. The molecule has 10 nitrogen and oxygen atoms in total. The Morgan fingerprint density at radius 2 is 1.98 bits per heavy atom. The van der Waals surface area contributed by atoms with E-state index in [0.29, 0.717) is 17.0 Å². The standard InChI is InChI=1S/C32H38N4O6S2/c1-21-17-36(22(2)20-37)31(39)16-23-14-25(33-30(38)15-24-18-34(3)27-9-6-5-8-26(24)27)11-12-28(23)42-29(21)19-35(4)44(40,41)32-10-7-13-43-32/h5-14,18,21-22,29,37H,15-17,19-20H2,1-4H3,(H,33,38)/t21-,22+,29+/m1/s1. The van der Waals surface area contributed by atoms with Gasteiger partial charge in [0.1, 0.15) is 16.1 Å². The van der Waals surface area contributed by atoms with Gasteiger partial charge in [-0.25, -0.2) is 8.42 Å². The summed E-state index contributed by atoms with van der Waals surface area (Å²) in [4.78, 5) is 28.3. The van der Waals surface area contributed by atoms with Crippen molar-refractivity contribution in [1.82, 2.24) is 13.8 Å². The van der Waals surface area contributed by atoms with Crippen molar-refractivity contribution in [2.24, 2.45) is 13.0 Å². The number of carbonyl (C=O) groups is 2. The van der Waals surface area contributed by atoms with E-state index in [9.17, 15) is 23.1 Å². The highest BCUT2D eigenvalue weighted by Crippen LogP contribution is 2.30. The number of aromatic nitrogens is 1. The second kappa shape index (κ2) is 13.1. The molecular formula is C32H38N4O6S2. The number of thiophene rings is 1. The van der Waals surface area contributed by atoms with Crippen LogP contribution in [-0.2, 0) is 39.5 Å². The van der Waals surface area contributed by atoms with Gasteiger partial charge < -0.3 is 24.6 Å². The van der Waals surface area contributed by atoms with E-state index >= 15 is 0 Å². The number of aryl methyl sites for hydroxylation is 1. The highest BCUT2D eigenvalue weighted by Gasteiger charge is 2.33. The maximum Gasteiger partial charge on any atom is 0.252 e. The number of amides is 2. The third-order valence-electron chi connectivity index (χ3n) is 8.13. The number of hydrogen-bond donors (Lipinski definition) is 2. The molecule has 0 saturated heterocycles. The molecule has 3 atom stereocenters. The lowest BCUT2D eigenvalue weighted by Crippen LogP contribution is -2.48. The fraction of sp³-hybridized carbons (Fsp3) is 0.375. The Bertz CT molecular complexity index is 1750. The van der Waals surface area contributed by atoms with Crippen molar-refractivity contribution >= 4 is 49.8 Å². The molecule has 0 fully saturated rings. The lowest BCUT2D eigenvalue weighted by molar-refractivity contribution is -0.134. The molecule has 2 aromatic heterocycles. The minimum Gasteiger partial charge on any atom is -0.488 e. The molecule has 2 amide bonds. The summed E-state index contributed by atoms with van der Waals surface area (Å²) in [5.74, 6) is -0.204. The van der Waals surface area contributed by atoms with Crippen molar-refractivity contribution in [1.29, 1.82) is 0 Å². The largest absolute Gasteiger partial charge is 0.488 e. The molecule has 0 radical (unpaired) electrons. The predicted molar refractivity (Wildman–Crippen MR) is 171 cm³/mol. The molecule has 12 heteroatoms. The Morgan fingerprint density at radius 3 is 2.70 bits per heavy atom. The third kappa shape index (κ3) is 6.68. The van der Waals surface area contributed by atoms with Gasteiger partial charge in [-0.3, -0.25) is 9.59 Å². The molecule has 2 N–H and O–H groups in total. The van der Waals surface area contributed by atoms with Crippen LogP contribution in [-0.4, -0.2) is 78.0 Å². The van der Waals surface area contributed by atoms with Crippen molar-refractivity contribution < 1.29 is 27.9 Å². The summed E-state index contributed by atoms with van der Waals surface area (Å²) in [6.45, 7) is 3.80. The minimum absolute atomic E-state index is 0.00448. The number of para-hydroxylation sites is 1. The Kier molecular flexibility index (Phi) is 9.45. The van der Waals surface area contributed by atoms with Crippen LogP contribution in [0.2, 0.25) is 0 Å². The van der Waals surface area contributed by atoms with Crippen LogP contribution in [0.1, 0.15) is 25.0 Å². The Balaban J connectivity index is 1.41. The molecule has 0 saturated carbocycles. The number of nitrogens with zero attached hydrogens (tertiary/aromatic N) is 3. The van der Waals surface area contributed by atoms with Gasteiger partial charge in [0.25, 0.3) is 10.0 Å². The molecule has 4 aromatic rings. The van der Waals surface area contributed by atoms with Gasteiger partial charge in [-0.15, -0.1) is 11.3 Å². The normalized spacial score (nSPS) is 18.3. The number of likely N-dealkylation sites (N-methyl/N-ethyl adjacent to an activating group) is 1. The van der Waals surface area contributed by atoms with Gasteiger partial charge in [-0.2, -0.15) is 4.31 Å². The SMILES string of the molecule is C[C@@H]1CN([C@@H](C)CO)C(=O)Cc2cc(NC(=O)Cc3cn(C)c4ccccc34)ccc2O[C@H]1CN(C)S(=O)(=O)c1cccs1. The summed E-state index contributed by atoms with van der Waals surface area (Å²) in [7, 11) is -0.260. The molecule has 1 aliphatic heterocycles. The zero-order valence-electron chi connectivity index (χ0n) is 25.3. The van der Waals surface area contributed by atoms with E-state index < -0.39 is 22.2 Å². The Morgan fingerprint density at radius 1 is 1.20 bits per heavy atom. The van der Waals surface area contributed by atoms with Crippen molar-refractivity contribution in [3.05, 3.63) is 77.3 Å². The maximum absolute atomic E-state index is 13.5. The fourth-order valence-corrected chi connectivity index (χ4v) is 7.97. The fourth-order valence-electron chi connectivity index (χ4n) is 5.59. The van der Waals surface area contributed by atoms with Crippen LogP contribution < -0.4 is 10.1 Å². The number of anilines is 1. The minimum atomic E-state index is -3.73. The highest BCUT2D eigenvalue weighted by atomic mass is 32.2. The van der Waals surface area contributed by atoms with Gasteiger partial charge in [0.05, 0.1) is 32.0 Å². The number of carbonyl (C=O) groups excluding carboxylic acids is 2. The van der Waals surface area contributed by atoms with Gasteiger partial charge in [-0.05, 0) is 48.2 Å². The lowest BCUT2D eigenvalue weighted by Gasteiger charge is -2.33. The van der Waals surface area contributed by atoms with Crippen molar-refractivity contribution in [2.75, 3.05) is 32.1 Å². The van der Waals surface area contributed by atoms with E-state index in [0.717, 1.165) is 27.8 Å². The predicted octanol–water partition coefficient (Wildman–Crippen LogP) is 3.89. The zero-order chi connectivity index (χ0) is 31.6. The van der Waals surface area contributed by atoms with Gasteiger partial charge in [0.15, 0.2) is 0 Å². The van der Waals surface area contributed by atoms with Gasteiger partial charge in [0.2, 0.25) is 11.8 Å².